The van der Waals surface area contributed by atoms with E-state index in [-0.39, 0.29) is 29.6 Å². The van der Waals surface area contributed by atoms with Crippen molar-refractivity contribution in [2.45, 2.75) is 40.2 Å². The van der Waals surface area contributed by atoms with Crippen molar-refractivity contribution in [1.82, 2.24) is 0 Å². The summed E-state index contributed by atoms with van der Waals surface area (Å²) in [6.07, 6.45) is 0.222. The summed E-state index contributed by atoms with van der Waals surface area (Å²) in [7, 11) is 0. The number of anilines is 1. The van der Waals surface area contributed by atoms with E-state index in [1.54, 1.807) is 19.1 Å². The Labute approximate surface area is 108 Å². The van der Waals surface area contributed by atoms with Crippen molar-refractivity contribution in [2.24, 2.45) is 11.1 Å². The van der Waals surface area contributed by atoms with Crippen LogP contribution in [0.3, 0.4) is 0 Å². The summed E-state index contributed by atoms with van der Waals surface area (Å²) in [5, 5.41) is 2.70. The molecule has 0 spiro atoms. The first-order valence-electron chi connectivity index (χ1n) is 6.02. The lowest BCUT2D eigenvalue weighted by Crippen LogP contribution is -2.38. The Bertz CT molecular complexity index is 438. The summed E-state index contributed by atoms with van der Waals surface area (Å²) < 4.78 is 13.3. The molecule has 0 saturated heterocycles. The van der Waals surface area contributed by atoms with E-state index in [0.717, 1.165) is 0 Å². The normalized spacial score (nSPS) is 13.2. The fourth-order valence-electron chi connectivity index (χ4n) is 1.45. The lowest BCUT2D eigenvalue weighted by Gasteiger charge is -2.26. The van der Waals surface area contributed by atoms with Gasteiger partial charge in [-0.25, -0.2) is 4.39 Å². The minimum Gasteiger partial charge on any atom is -0.327 e. The largest absolute Gasteiger partial charge is 0.327 e. The van der Waals surface area contributed by atoms with Gasteiger partial charge in [0.2, 0.25) is 5.91 Å². The van der Waals surface area contributed by atoms with E-state index in [1.165, 1.54) is 6.07 Å². The van der Waals surface area contributed by atoms with E-state index in [1.807, 2.05) is 20.8 Å². The van der Waals surface area contributed by atoms with Gasteiger partial charge in [0, 0.05) is 23.7 Å². The highest BCUT2D eigenvalue weighted by Crippen LogP contribution is 2.21. The van der Waals surface area contributed by atoms with Gasteiger partial charge in [-0.05, 0) is 24.5 Å². The molecule has 3 nitrogen and oxygen atoms in total. The highest BCUT2D eigenvalue weighted by atomic mass is 19.1. The van der Waals surface area contributed by atoms with E-state index >= 15 is 0 Å². The van der Waals surface area contributed by atoms with Crippen molar-refractivity contribution < 1.29 is 9.18 Å². The molecule has 0 radical (unpaired) electrons. The number of hydrogen-bond donors (Lipinski definition) is 2. The third kappa shape index (κ3) is 3.81. The quantitative estimate of drug-likeness (QED) is 0.869. The Hall–Kier alpha value is -1.42. The number of benzene rings is 1. The standard InChI is InChI=1S/C14H21FN2O/c1-9-10(15)6-5-7-11(9)17-13(18)8-12(16)14(2,3)4/h5-7,12H,8,16H2,1-4H3,(H,17,18). The van der Waals surface area contributed by atoms with Crippen LogP contribution in [0.5, 0.6) is 0 Å². The van der Waals surface area contributed by atoms with Crippen LogP contribution < -0.4 is 11.1 Å². The predicted octanol–water partition coefficient (Wildman–Crippen LogP) is 2.84. The van der Waals surface area contributed by atoms with Gasteiger partial charge in [-0.3, -0.25) is 4.79 Å². The van der Waals surface area contributed by atoms with Crippen molar-refractivity contribution in [2.75, 3.05) is 5.32 Å². The van der Waals surface area contributed by atoms with Gasteiger partial charge in [-0.15, -0.1) is 0 Å². The zero-order valence-corrected chi connectivity index (χ0v) is 11.4. The molecule has 0 aromatic heterocycles. The lowest BCUT2D eigenvalue weighted by molar-refractivity contribution is -0.117. The SMILES string of the molecule is Cc1c(F)cccc1NC(=O)CC(N)C(C)(C)C. The molecule has 1 unspecified atom stereocenters. The second kappa shape index (κ2) is 5.48. The molecule has 1 atom stereocenters. The van der Waals surface area contributed by atoms with Gasteiger partial charge in [0.15, 0.2) is 0 Å². The number of hydrogen-bond acceptors (Lipinski definition) is 2. The molecule has 1 rings (SSSR count). The van der Waals surface area contributed by atoms with Gasteiger partial charge in [-0.2, -0.15) is 0 Å². The van der Waals surface area contributed by atoms with Crippen molar-refractivity contribution in [3.05, 3.63) is 29.6 Å². The molecular weight excluding hydrogens is 231 g/mol. The van der Waals surface area contributed by atoms with Crippen LogP contribution in [0.25, 0.3) is 0 Å². The van der Waals surface area contributed by atoms with Crippen LogP contribution in [-0.2, 0) is 4.79 Å². The molecule has 1 aromatic rings. The predicted molar refractivity (Wildman–Crippen MR) is 71.8 cm³/mol. The summed E-state index contributed by atoms with van der Waals surface area (Å²) >= 11 is 0. The Morgan fingerprint density at radius 2 is 2.06 bits per heavy atom. The van der Waals surface area contributed by atoms with Gasteiger partial charge in [-0.1, -0.05) is 26.8 Å². The molecule has 0 aliphatic carbocycles. The van der Waals surface area contributed by atoms with Gasteiger partial charge < -0.3 is 11.1 Å². The van der Waals surface area contributed by atoms with Crippen molar-refractivity contribution in [3.63, 3.8) is 0 Å². The van der Waals surface area contributed by atoms with Gasteiger partial charge in [0.25, 0.3) is 0 Å². The van der Waals surface area contributed by atoms with Crippen LogP contribution >= 0.6 is 0 Å². The Morgan fingerprint density at radius 1 is 1.44 bits per heavy atom. The molecule has 1 amide bonds. The molecule has 0 bridgehead atoms. The lowest BCUT2D eigenvalue weighted by atomic mass is 9.85. The van der Waals surface area contributed by atoms with Crippen LogP contribution in [0.15, 0.2) is 18.2 Å². The minimum absolute atomic E-state index is 0.131. The van der Waals surface area contributed by atoms with E-state index in [4.69, 9.17) is 5.73 Å². The highest BCUT2D eigenvalue weighted by molar-refractivity contribution is 5.91. The molecule has 0 saturated carbocycles. The number of halogens is 1. The average Bonchev–Trinajstić information content (AvgIpc) is 2.23. The van der Waals surface area contributed by atoms with Gasteiger partial charge in [0.1, 0.15) is 5.82 Å². The summed E-state index contributed by atoms with van der Waals surface area (Å²) in [6.45, 7) is 7.59. The van der Waals surface area contributed by atoms with Crippen molar-refractivity contribution >= 4 is 11.6 Å². The number of nitrogens with two attached hydrogens (primary N) is 1. The fourth-order valence-corrected chi connectivity index (χ4v) is 1.45. The number of carbonyl (C=O) groups is 1. The zero-order valence-electron chi connectivity index (χ0n) is 11.4. The van der Waals surface area contributed by atoms with E-state index in [9.17, 15) is 9.18 Å². The molecule has 4 heteroatoms. The number of amides is 1. The molecule has 0 heterocycles. The third-order valence-corrected chi connectivity index (χ3v) is 3.06. The van der Waals surface area contributed by atoms with E-state index in [2.05, 4.69) is 5.32 Å². The highest BCUT2D eigenvalue weighted by Gasteiger charge is 2.23. The smallest absolute Gasteiger partial charge is 0.225 e. The Balaban J connectivity index is 2.69. The number of rotatable bonds is 3. The first-order valence-corrected chi connectivity index (χ1v) is 6.02. The molecule has 0 aliphatic heterocycles. The monoisotopic (exact) mass is 252 g/mol. The molecule has 1 aromatic carbocycles. The molecule has 0 aliphatic rings. The van der Waals surface area contributed by atoms with Crippen LogP contribution in [0.2, 0.25) is 0 Å². The maximum atomic E-state index is 13.3. The fraction of sp³-hybridized carbons (Fsp3) is 0.500. The summed E-state index contributed by atoms with van der Waals surface area (Å²) in [5.74, 6) is -0.515. The average molecular weight is 252 g/mol. The summed E-state index contributed by atoms with van der Waals surface area (Å²) in [4.78, 5) is 11.8. The molecule has 0 fully saturated rings. The van der Waals surface area contributed by atoms with Crippen molar-refractivity contribution in [1.29, 1.82) is 0 Å². The molecular formula is C14H21FN2O. The maximum absolute atomic E-state index is 13.3. The van der Waals surface area contributed by atoms with Crippen LogP contribution in [0.1, 0.15) is 32.8 Å². The van der Waals surface area contributed by atoms with Gasteiger partial charge in [0.05, 0.1) is 0 Å². The summed E-state index contributed by atoms with van der Waals surface area (Å²) in [6, 6.07) is 4.39. The second-order valence-electron chi connectivity index (χ2n) is 5.64. The molecule has 100 valence electrons. The first kappa shape index (κ1) is 14.6. The van der Waals surface area contributed by atoms with E-state index in [0.29, 0.717) is 11.3 Å². The third-order valence-electron chi connectivity index (χ3n) is 3.06. The minimum atomic E-state index is -0.326. The molecule has 3 N–H and O–H groups in total. The van der Waals surface area contributed by atoms with Crippen LogP contribution in [0.4, 0.5) is 10.1 Å². The van der Waals surface area contributed by atoms with E-state index < -0.39 is 0 Å². The van der Waals surface area contributed by atoms with Crippen molar-refractivity contribution in [3.8, 4) is 0 Å². The van der Waals surface area contributed by atoms with Crippen LogP contribution in [0, 0.1) is 18.2 Å². The second-order valence-corrected chi connectivity index (χ2v) is 5.64. The number of carbonyl (C=O) groups excluding carboxylic acids is 1. The summed E-state index contributed by atoms with van der Waals surface area (Å²) in [5.41, 5.74) is 6.75. The zero-order chi connectivity index (χ0) is 13.9. The molecule has 18 heavy (non-hydrogen) atoms. The topological polar surface area (TPSA) is 55.1 Å². The maximum Gasteiger partial charge on any atom is 0.225 e. The Kier molecular flexibility index (Phi) is 4.46. The number of nitrogens with one attached hydrogen (secondary N) is 1. The first-order chi connectivity index (χ1) is 8.21. The Morgan fingerprint density at radius 3 is 2.61 bits per heavy atom. The van der Waals surface area contributed by atoms with Gasteiger partial charge >= 0.3 is 0 Å². The van der Waals surface area contributed by atoms with Crippen LogP contribution in [-0.4, -0.2) is 11.9 Å².